The van der Waals surface area contributed by atoms with Gasteiger partial charge in [-0.2, -0.15) is 0 Å². The van der Waals surface area contributed by atoms with E-state index in [9.17, 15) is 0 Å². The summed E-state index contributed by atoms with van der Waals surface area (Å²) < 4.78 is 6.28. The van der Waals surface area contributed by atoms with E-state index >= 15 is 0 Å². The largest absolute Gasteiger partial charge is 0.480 e. The van der Waals surface area contributed by atoms with Crippen LogP contribution in [0.25, 0.3) is 11.8 Å². The standard InChI is InChI=1S/C21H21N5O/c22-13-3-1-11(2-4-13)5-19-17-9-16(25)10-18(26)20(17)21(27-19)12-6-14(23)8-15(24)7-12/h1-10,21H,22-26H2/b19-5-. The van der Waals surface area contributed by atoms with E-state index in [2.05, 4.69) is 0 Å². The van der Waals surface area contributed by atoms with Crippen LogP contribution in [0.5, 0.6) is 0 Å². The molecule has 0 saturated heterocycles. The van der Waals surface area contributed by atoms with Gasteiger partial charge in [-0.3, -0.25) is 0 Å². The number of fused-ring (bicyclic) bond motifs is 1. The van der Waals surface area contributed by atoms with Crippen molar-refractivity contribution in [1.82, 2.24) is 0 Å². The molecular formula is C21H21N5O. The van der Waals surface area contributed by atoms with Crippen molar-refractivity contribution in [3.05, 3.63) is 76.9 Å². The number of hydrogen-bond acceptors (Lipinski definition) is 6. The van der Waals surface area contributed by atoms with Crippen molar-refractivity contribution in [2.75, 3.05) is 28.7 Å². The predicted octanol–water partition coefficient (Wildman–Crippen LogP) is 3.22. The number of nitrogen functional groups attached to an aromatic ring is 5. The lowest BCUT2D eigenvalue weighted by Crippen LogP contribution is -2.05. The fraction of sp³-hybridized carbons (Fsp3) is 0.0476. The monoisotopic (exact) mass is 359 g/mol. The molecular weight excluding hydrogens is 338 g/mol. The quantitative estimate of drug-likeness (QED) is 0.445. The maximum Gasteiger partial charge on any atom is 0.152 e. The Morgan fingerprint density at radius 3 is 2.00 bits per heavy atom. The highest BCUT2D eigenvalue weighted by Gasteiger charge is 2.32. The van der Waals surface area contributed by atoms with Crippen LogP contribution < -0.4 is 28.7 Å². The Balaban J connectivity index is 1.86. The molecule has 1 aliphatic rings. The molecule has 3 aromatic carbocycles. The van der Waals surface area contributed by atoms with Crippen LogP contribution in [0.15, 0.2) is 54.6 Å². The first-order chi connectivity index (χ1) is 12.9. The number of ether oxygens (including phenoxy) is 1. The Bertz CT molecular complexity index is 1040. The van der Waals surface area contributed by atoms with Gasteiger partial charge in [0.1, 0.15) is 5.76 Å². The molecule has 10 N–H and O–H groups in total. The van der Waals surface area contributed by atoms with Crippen LogP contribution in [-0.2, 0) is 4.74 Å². The zero-order chi connectivity index (χ0) is 19.1. The zero-order valence-corrected chi connectivity index (χ0v) is 14.6. The molecule has 0 fully saturated rings. The number of anilines is 5. The molecule has 0 radical (unpaired) electrons. The van der Waals surface area contributed by atoms with Crippen molar-refractivity contribution in [2.24, 2.45) is 0 Å². The normalized spacial score (nSPS) is 16.9. The smallest absolute Gasteiger partial charge is 0.152 e. The number of rotatable bonds is 2. The van der Waals surface area contributed by atoms with Gasteiger partial charge in [0.25, 0.3) is 0 Å². The second-order valence-corrected chi connectivity index (χ2v) is 6.68. The van der Waals surface area contributed by atoms with Crippen LogP contribution >= 0.6 is 0 Å². The third-order valence-corrected chi connectivity index (χ3v) is 4.54. The van der Waals surface area contributed by atoms with E-state index in [0.717, 1.165) is 22.3 Å². The van der Waals surface area contributed by atoms with Crippen LogP contribution in [0.1, 0.15) is 28.4 Å². The fourth-order valence-corrected chi connectivity index (χ4v) is 3.39. The first kappa shape index (κ1) is 16.7. The van der Waals surface area contributed by atoms with Crippen LogP contribution in [0.2, 0.25) is 0 Å². The topological polar surface area (TPSA) is 139 Å². The molecule has 0 amide bonds. The Kier molecular flexibility index (Phi) is 3.81. The lowest BCUT2D eigenvalue weighted by Gasteiger charge is -2.15. The van der Waals surface area contributed by atoms with Gasteiger partial charge >= 0.3 is 0 Å². The van der Waals surface area contributed by atoms with Crippen molar-refractivity contribution in [3.63, 3.8) is 0 Å². The molecule has 1 aliphatic heterocycles. The SMILES string of the molecule is Nc1ccc(/C=C2\OC(c3cc(N)cc(N)c3)c3c(N)cc(N)cc32)cc1. The van der Waals surface area contributed by atoms with Gasteiger partial charge in [0.15, 0.2) is 6.10 Å². The molecule has 4 rings (SSSR count). The third kappa shape index (κ3) is 3.08. The molecule has 0 aromatic heterocycles. The van der Waals surface area contributed by atoms with E-state index in [-0.39, 0.29) is 0 Å². The first-order valence-electron chi connectivity index (χ1n) is 8.50. The maximum absolute atomic E-state index is 6.29. The lowest BCUT2D eigenvalue weighted by atomic mass is 9.95. The highest BCUT2D eigenvalue weighted by molar-refractivity contribution is 5.86. The average molecular weight is 359 g/mol. The Morgan fingerprint density at radius 2 is 1.33 bits per heavy atom. The second-order valence-electron chi connectivity index (χ2n) is 6.68. The molecule has 1 unspecified atom stereocenters. The second kappa shape index (κ2) is 6.17. The first-order valence-corrected chi connectivity index (χ1v) is 8.50. The van der Waals surface area contributed by atoms with Gasteiger partial charge in [0.05, 0.1) is 0 Å². The Morgan fingerprint density at radius 1 is 0.704 bits per heavy atom. The summed E-state index contributed by atoms with van der Waals surface area (Å²) in [7, 11) is 0. The summed E-state index contributed by atoms with van der Waals surface area (Å²) in [5, 5.41) is 0. The van der Waals surface area contributed by atoms with E-state index in [4.69, 9.17) is 33.4 Å². The molecule has 1 heterocycles. The van der Waals surface area contributed by atoms with Gasteiger partial charge in [-0.1, -0.05) is 12.1 Å². The van der Waals surface area contributed by atoms with Crippen molar-refractivity contribution >= 4 is 40.3 Å². The molecule has 0 bridgehead atoms. The summed E-state index contributed by atoms with van der Waals surface area (Å²) in [6.45, 7) is 0. The molecule has 0 aliphatic carbocycles. The third-order valence-electron chi connectivity index (χ3n) is 4.54. The average Bonchev–Trinajstić information content (AvgIpc) is 2.95. The number of nitrogens with two attached hydrogens (primary N) is 5. The van der Waals surface area contributed by atoms with Gasteiger partial charge in [-0.25, -0.2) is 0 Å². The predicted molar refractivity (Wildman–Crippen MR) is 112 cm³/mol. The van der Waals surface area contributed by atoms with Gasteiger partial charge in [0.2, 0.25) is 0 Å². The molecule has 0 saturated carbocycles. The van der Waals surface area contributed by atoms with Gasteiger partial charge < -0.3 is 33.4 Å². The molecule has 6 nitrogen and oxygen atoms in total. The summed E-state index contributed by atoms with van der Waals surface area (Å²) >= 11 is 0. The summed E-state index contributed by atoms with van der Waals surface area (Å²) in [6.07, 6.45) is 1.53. The van der Waals surface area contributed by atoms with Gasteiger partial charge in [-0.05, 0) is 54.1 Å². The molecule has 3 aromatic rings. The van der Waals surface area contributed by atoms with Crippen molar-refractivity contribution < 1.29 is 4.74 Å². The molecule has 27 heavy (non-hydrogen) atoms. The summed E-state index contributed by atoms with van der Waals surface area (Å²) in [4.78, 5) is 0. The minimum atomic E-state index is -0.411. The van der Waals surface area contributed by atoms with Crippen molar-refractivity contribution in [2.45, 2.75) is 6.10 Å². The van der Waals surface area contributed by atoms with Crippen LogP contribution in [0, 0.1) is 0 Å². The van der Waals surface area contributed by atoms with Gasteiger partial charge in [-0.15, -0.1) is 0 Å². The van der Waals surface area contributed by atoms with Gasteiger partial charge in [0, 0.05) is 45.1 Å². The maximum atomic E-state index is 6.29. The zero-order valence-electron chi connectivity index (χ0n) is 14.6. The van der Waals surface area contributed by atoms with Crippen LogP contribution in [-0.4, -0.2) is 0 Å². The van der Waals surface area contributed by atoms with Crippen molar-refractivity contribution in [1.29, 1.82) is 0 Å². The van der Waals surface area contributed by atoms with Crippen molar-refractivity contribution in [3.8, 4) is 0 Å². The summed E-state index contributed by atoms with van der Waals surface area (Å²) in [5.41, 5.74) is 36.5. The van der Waals surface area contributed by atoms with E-state index < -0.39 is 6.10 Å². The highest BCUT2D eigenvalue weighted by atomic mass is 16.5. The highest BCUT2D eigenvalue weighted by Crippen LogP contribution is 2.47. The molecule has 1 atom stereocenters. The fourth-order valence-electron chi connectivity index (χ4n) is 3.39. The van der Waals surface area contributed by atoms with Crippen LogP contribution in [0.3, 0.4) is 0 Å². The summed E-state index contributed by atoms with van der Waals surface area (Å²) in [5.74, 6) is 0.680. The number of benzene rings is 3. The Labute approximate surface area is 157 Å². The lowest BCUT2D eigenvalue weighted by molar-refractivity contribution is 0.230. The van der Waals surface area contributed by atoms with E-state index in [1.54, 1.807) is 12.1 Å². The minimum Gasteiger partial charge on any atom is -0.480 e. The summed E-state index contributed by atoms with van der Waals surface area (Å²) in [6, 6.07) is 16.5. The molecule has 0 spiro atoms. The van der Waals surface area contributed by atoms with E-state index in [1.807, 2.05) is 48.5 Å². The Hall–Kier alpha value is -3.80. The molecule has 6 heteroatoms. The van der Waals surface area contributed by atoms with E-state index in [1.165, 1.54) is 0 Å². The molecule has 136 valence electrons. The minimum absolute atomic E-state index is 0.411. The van der Waals surface area contributed by atoms with Crippen LogP contribution in [0.4, 0.5) is 28.4 Å². The van der Waals surface area contributed by atoms with E-state index in [0.29, 0.717) is 34.2 Å². The number of hydrogen-bond donors (Lipinski definition) is 5.